The van der Waals surface area contributed by atoms with Gasteiger partial charge in [-0.25, -0.2) is 13.1 Å². The lowest BCUT2D eigenvalue weighted by molar-refractivity contribution is -0.383. The predicted octanol–water partition coefficient (Wildman–Crippen LogP) is 1.30. The summed E-state index contributed by atoms with van der Waals surface area (Å²) >= 11 is 0. The minimum Gasteiger partial charge on any atom is -0.393 e. The number of amides is 1. The number of nitrogens with two attached hydrogens (primary N) is 1. The molecule has 0 saturated carbocycles. The Labute approximate surface area is 125 Å². The molecule has 2 rings (SSSR count). The molecule has 0 aliphatic rings. The number of nitrogens with one attached hydrogen (secondary N) is 1. The highest BCUT2D eigenvalue weighted by Gasteiger charge is 2.20. The first-order chi connectivity index (χ1) is 10.3. The van der Waals surface area contributed by atoms with Crippen molar-refractivity contribution >= 4 is 27.3 Å². The van der Waals surface area contributed by atoms with Crippen LogP contribution in [0.25, 0.3) is 0 Å². The van der Waals surface area contributed by atoms with Gasteiger partial charge in [-0.3, -0.25) is 14.9 Å². The quantitative estimate of drug-likeness (QED) is 0.495. The molecule has 22 heavy (non-hydrogen) atoms. The molecule has 0 unspecified atom stereocenters. The molecule has 0 heterocycles. The van der Waals surface area contributed by atoms with E-state index in [0.29, 0.717) is 0 Å². The van der Waals surface area contributed by atoms with Gasteiger partial charge in [0.15, 0.2) is 0 Å². The highest BCUT2D eigenvalue weighted by atomic mass is 32.2. The van der Waals surface area contributed by atoms with Crippen LogP contribution in [-0.4, -0.2) is 19.2 Å². The molecular formula is C13H11N3O5S. The van der Waals surface area contributed by atoms with Gasteiger partial charge >= 0.3 is 0 Å². The van der Waals surface area contributed by atoms with Gasteiger partial charge in [0, 0.05) is 11.6 Å². The van der Waals surface area contributed by atoms with E-state index < -0.39 is 20.9 Å². The van der Waals surface area contributed by atoms with Crippen LogP contribution in [0.15, 0.2) is 53.4 Å². The van der Waals surface area contributed by atoms with Crippen molar-refractivity contribution in [2.45, 2.75) is 4.90 Å². The number of carbonyl (C=O) groups excluding carboxylic acids is 1. The molecule has 0 aliphatic heterocycles. The molecule has 0 fully saturated rings. The minimum absolute atomic E-state index is 0.0711. The van der Waals surface area contributed by atoms with Gasteiger partial charge in [0.2, 0.25) is 0 Å². The van der Waals surface area contributed by atoms with Crippen LogP contribution in [-0.2, 0) is 10.0 Å². The molecule has 2 aromatic carbocycles. The van der Waals surface area contributed by atoms with Crippen molar-refractivity contribution in [1.29, 1.82) is 0 Å². The Morgan fingerprint density at radius 1 is 1.14 bits per heavy atom. The molecule has 0 atom stereocenters. The zero-order valence-corrected chi connectivity index (χ0v) is 11.9. The van der Waals surface area contributed by atoms with E-state index in [9.17, 15) is 23.3 Å². The number of nitrogens with zero attached hydrogens (tertiary/aromatic N) is 1. The van der Waals surface area contributed by atoms with Gasteiger partial charge in [0.05, 0.1) is 9.82 Å². The molecule has 3 N–H and O–H groups in total. The first-order valence-corrected chi connectivity index (χ1v) is 7.46. The Morgan fingerprint density at radius 3 is 2.32 bits per heavy atom. The summed E-state index contributed by atoms with van der Waals surface area (Å²) in [6, 6.07) is 10.6. The van der Waals surface area contributed by atoms with Crippen molar-refractivity contribution in [2.24, 2.45) is 0 Å². The second-order valence-electron chi connectivity index (χ2n) is 4.28. The van der Waals surface area contributed by atoms with Crippen LogP contribution in [0.2, 0.25) is 0 Å². The average molecular weight is 321 g/mol. The van der Waals surface area contributed by atoms with Gasteiger partial charge in [-0.2, -0.15) is 0 Å². The van der Waals surface area contributed by atoms with Crippen LogP contribution in [0.1, 0.15) is 10.4 Å². The fraction of sp³-hybridized carbons (Fsp3) is 0. The van der Waals surface area contributed by atoms with Crippen molar-refractivity contribution in [3.8, 4) is 0 Å². The summed E-state index contributed by atoms with van der Waals surface area (Å²) in [6.45, 7) is 0. The number of sulfonamides is 1. The molecule has 0 spiro atoms. The van der Waals surface area contributed by atoms with E-state index in [1.165, 1.54) is 24.3 Å². The maximum atomic E-state index is 12.0. The third kappa shape index (κ3) is 3.20. The molecule has 0 bridgehead atoms. The molecule has 1 amide bonds. The highest BCUT2D eigenvalue weighted by molar-refractivity contribution is 7.90. The van der Waals surface area contributed by atoms with E-state index in [2.05, 4.69) is 0 Å². The maximum Gasteiger partial charge on any atom is 0.292 e. The third-order valence-electron chi connectivity index (χ3n) is 2.77. The topological polar surface area (TPSA) is 132 Å². The monoisotopic (exact) mass is 321 g/mol. The van der Waals surface area contributed by atoms with E-state index in [1.54, 1.807) is 6.07 Å². The van der Waals surface area contributed by atoms with Crippen LogP contribution < -0.4 is 10.5 Å². The maximum absolute atomic E-state index is 12.0. The van der Waals surface area contributed by atoms with Gasteiger partial charge in [-0.05, 0) is 24.3 Å². The SMILES string of the molecule is Nc1cc(C(=O)NS(=O)(=O)c2ccccc2)ccc1[N+](=O)[O-]. The number of benzene rings is 2. The summed E-state index contributed by atoms with van der Waals surface area (Å²) in [5, 5.41) is 10.6. The van der Waals surface area contributed by atoms with Gasteiger partial charge in [0.1, 0.15) is 5.69 Å². The molecule has 8 nitrogen and oxygen atoms in total. The Hall–Kier alpha value is -2.94. The molecule has 114 valence electrons. The Balaban J connectivity index is 2.26. The molecular weight excluding hydrogens is 310 g/mol. The van der Waals surface area contributed by atoms with Crippen LogP contribution in [0.5, 0.6) is 0 Å². The van der Waals surface area contributed by atoms with Crippen LogP contribution in [0, 0.1) is 10.1 Å². The first kappa shape index (κ1) is 15.4. The molecule has 0 radical (unpaired) electrons. The van der Waals surface area contributed by atoms with E-state index in [1.807, 2.05) is 4.72 Å². The standard InChI is InChI=1S/C13H11N3O5S/c14-11-8-9(6-7-12(11)16(18)19)13(17)15-22(20,21)10-4-2-1-3-5-10/h1-8H,14H2,(H,15,17). The van der Waals surface area contributed by atoms with Gasteiger partial charge in [-0.15, -0.1) is 0 Å². The second kappa shape index (κ2) is 5.82. The predicted molar refractivity (Wildman–Crippen MR) is 78.6 cm³/mol. The number of nitro groups is 1. The van der Waals surface area contributed by atoms with E-state index in [0.717, 1.165) is 18.2 Å². The number of nitrogen functional groups attached to an aromatic ring is 1. The normalized spacial score (nSPS) is 10.9. The fourth-order valence-electron chi connectivity index (χ4n) is 1.70. The summed E-state index contributed by atoms with van der Waals surface area (Å²) in [5.41, 5.74) is 4.78. The van der Waals surface area contributed by atoms with Crippen molar-refractivity contribution in [3.05, 3.63) is 64.2 Å². The lowest BCUT2D eigenvalue weighted by Crippen LogP contribution is -2.30. The third-order valence-corrected chi connectivity index (χ3v) is 4.11. The van der Waals surface area contributed by atoms with Crippen molar-refractivity contribution in [1.82, 2.24) is 4.72 Å². The average Bonchev–Trinajstić information content (AvgIpc) is 2.47. The van der Waals surface area contributed by atoms with E-state index >= 15 is 0 Å². The van der Waals surface area contributed by atoms with Gasteiger partial charge < -0.3 is 5.73 Å². The number of hydrogen-bond acceptors (Lipinski definition) is 6. The smallest absolute Gasteiger partial charge is 0.292 e. The van der Waals surface area contributed by atoms with Crippen molar-refractivity contribution in [2.75, 3.05) is 5.73 Å². The van der Waals surface area contributed by atoms with Gasteiger partial charge in [-0.1, -0.05) is 18.2 Å². The van der Waals surface area contributed by atoms with Crippen LogP contribution in [0.3, 0.4) is 0 Å². The lowest BCUT2D eigenvalue weighted by Gasteiger charge is -2.07. The first-order valence-electron chi connectivity index (χ1n) is 5.97. The van der Waals surface area contributed by atoms with E-state index in [4.69, 9.17) is 5.73 Å². The number of nitro benzene ring substituents is 1. The fourth-order valence-corrected chi connectivity index (χ4v) is 2.70. The number of anilines is 1. The summed E-state index contributed by atoms with van der Waals surface area (Å²) in [4.78, 5) is 21.8. The molecule has 2 aromatic rings. The molecule has 9 heteroatoms. The van der Waals surface area contributed by atoms with Crippen molar-refractivity contribution < 1.29 is 18.1 Å². The molecule has 0 aromatic heterocycles. The van der Waals surface area contributed by atoms with Crippen molar-refractivity contribution in [3.63, 3.8) is 0 Å². The number of rotatable bonds is 4. The molecule has 0 saturated heterocycles. The zero-order valence-electron chi connectivity index (χ0n) is 11.1. The Kier molecular flexibility index (Phi) is 4.08. The number of hydrogen-bond donors (Lipinski definition) is 2. The summed E-state index contributed by atoms with van der Waals surface area (Å²) in [5.74, 6) is -0.926. The highest BCUT2D eigenvalue weighted by Crippen LogP contribution is 2.22. The van der Waals surface area contributed by atoms with Gasteiger partial charge in [0.25, 0.3) is 21.6 Å². The molecule has 0 aliphatic carbocycles. The van der Waals surface area contributed by atoms with Crippen LogP contribution >= 0.6 is 0 Å². The zero-order chi connectivity index (χ0) is 16.3. The van der Waals surface area contributed by atoms with E-state index in [-0.39, 0.29) is 21.8 Å². The minimum atomic E-state index is -4.02. The van der Waals surface area contributed by atoms with Crippen LogP contribution in [0.4, 0.5) is 11.4 Å². The summed E-state index contributed by atoms with van der Waals surface area (Å²) < 4.78 is 25.9. The lowest BCUT2D eigenvalue weighted by atomic mass is 10.1. The summed E-state index contributed by atoms with van der Waals surface area (Å²) in [7, 11) is -4.02. The Morgan fingerprint density at radius 2 is 1.77 bits per heavy atom. The summed E-state index contributed by atoms with van der Waals surface area (Å²) in [6.07, 6.45) is 0. The largest absolute Gasteiger partial charge is 0.393 e. The second-order valence-corrected chi connectivity index (χ2v) is 5.96. The Bertz CT molecular complexity index is 834. The number of carbonyl (C=O) groups is 1.